The van der Waals surface area contributed by atoms with Gasteiger partial charge in [-0.25, -0.2) is 0 Å². The van der Waals surface area contributed by atoms with Gasteiger partial charge >= 0.3 is 0 Å². The van der Waals surface area contributed by atoms with E-state index in [-0.39, 0.29) is 29.8 Å². The number of hydrogen-bond acceptors (Lipinski definition) is 4. The van der Waals surface area contributed by atoms with E-state index in [1.807, 2.05) is 49.4 Å². The van der Waals surface area contributed by atoms with Crippen molar-refractivity contribution < 1.29 is 14.4 Å². The van der Waals surface area contributed by atoms with Crippen molar-refractivity contribution in [2.75, 3.05) is 0 Å². The zero-order chi connectivity index (χ0) is 20.4. The highest BCUT2D eigenvalue weighted by Crippen LogP contribution is 2.06. The number of thiocarbonyl (C=S) groups is 1. The first kappa shape index (κ1) is 21.0. The van der Waals surface area contributed by atoms with Crippen LogP contribution in [-0.2, 0) is 16.1 Å². The van der Waals surface area contributed by atoms with E-state index < -0.39 is 5.91 Å². The van der Waals surface area contributed by atoms with Gasteiger partial charge in [0.25, 0.3) is 5.91 Å². The lowest BCUT2D eigenvalue weighted by Gasteiger charge is -2.11. The highest BCUT2D eigenvalue weighted by Gasteiger charge is 2.11. The molecule has 0 atom stereocenters. The van der Waals surface area contributed by atoms with Crippen LogP contribution >= 0.6 is 12.2 Å². The number of aryl methyl sites for hydroxylation is 1. The van der Waals surface area contributed by atoms with Crippen LogP contribution in [0.2, 0.25) is 0 Å². The molecule has 0 spiro atoms. The Balaban J connectivity index is 1.65. The Hall–Kier alpha value is -3.26. The largest absolute Gasteiger partial charge is 0.352 e. The highest BCUT2D eigenvalue weighted by molar-refractivity contribution is 7.80. The van der Waals surface area contributed by atoms with Crippen LogP contribution in [0.5, 0.6) is 0 Å². The van der Waals surface area contributed by atoms with Gasteiger partial charge < -0.3 is 5.32 Å². The molecule has 2 aromatic rings. The molecule has 3 amide bonds. The van der Waals surface area contributed by atoms with Gasteiger partial charge in [-0.2, -0.15) is 0 Å². The molecule has 2 aromatic carbocycles. The highest BCUT2D eigenvalue weighted by atomic mass is 32.1. The van der Waals surface area contributed by atoms with Crippen molar-refractivity contribution >= 4 is 35.1 Å². The summed E-state index contributed by atoms with van der Waals surface area (Å²) in [6.45, 7) is 2.23. The monoisotopic (exact) mass is 398 g/mol. The average molecular weight is 398 g/mol. The van der Waals surface area contributed by atoms with Crippen molar-refractivity contribution in [1.82, 2.24) is 21.5 Å². The van der Waals surface area contributed by atoms with Crippen LogP contribution in [0.25, 0.3) is 0 Å². The van der Waals surface area contributed by atoms with Crippen molar-refractivity contribution in [3.63, 3.8) is 0 Å². The molecule has 2 rings (SSSR count). The van der Waals surface area contributed by atoms with E-state index in [0.29, 0.717) is 12.1 Å². The molecular formula is C20H22N4O3S. The van der Waals surface area contributed by atoms with Crippen molar-refractivity contribution in [2.45, 2.75) is 26.3 Å². The summed E-state index contributed by atoms with van der Waals surface area (Å²) in [7, 11) is 0. The van der Waals surface area contributed by atoms with Crippen LogP contribution in [0.3, 0.4) is 0 Å². The molecule has 4 N–H and O–H groups in total. The van der Waals surface area contributed by atoms with Crippen LogP contribution in [-0.4, -0.2) is 22.8 Å². The van der Waals surface area contributed by atoms with Crippen LogP contribution < -0.4 is 21.5 Å². The van der Waals surface area contributed by atoms with Crippen molar-refractivity contribution in [3.8, 4) is 0 Å². The number of carbonyl (C=O) groups is 3. The normalized spacial score (nSPS) is 9.89. The van der Waals surface area contributed by atoms with E-state index in [1.54, 1.807) is 12.1 Å². The lowest BCUT2D eigenvalue weighted by molar-refractivity contribution is -0.126. The maximum absolute atomic E-state index is 12.1. The molecule has 0 radical (unpaired) electrons. The second-order valence-corrected chi connectivity index (χ2v) is 6.44. The molecule has 0 bridgehead atoms. The molecule has 8 heteroatoms. The van der Waals surface area contributed by atoms with Crippen molar-refractivity contribution in [3.05, 3.63) is 71.3 Å². The predicted octanol–water partition coefficient (Wildman–Crippen LogP) is 1.73. The molecule has 0 fully saturated rings. The Morgan fingerprint density at radius 3 is 2.21 bits per heavy atom. The SMILES string of the molecule is Cc1ccccc1C(=O)NC(=S)NNC(=O)CCC(=O)NCc1ccccc1. The molecule has 7 nitrogen and oxygen atoms in total. The molecule has 0 saturated carbocycles. The van der Waals surface area contributed by atoms with Crippen LogP contribution in [0.15, 0.2) is 54.6 Å². The van der Waals surface area contributed by atoms with E-state index in [0.717, 1.165) is 11.1 Å². The number of benzene rings is 2. The molecule has 28 heavy (non-hydrogen) atoms. The summed E-state index contributed by atoms with van der Waals surface area (Å²) in [5.41, 5.74) is 7.10. The zero-order valence-electron chi connectivity index (χ0n) is 15.5. The second-order valence-electron chi connectivity index (χ2n) is 6.03. The molecule has 0 aromatic heterocycles. The standard InChI is InChI=1S/C20H22N4O3S/c1-14-7-5-6-10-16(14)19(27)22-20(28)24-23-18(26)12-11-17(25)21-13-15-8-3-2-4-9-15/h2-10H,11-13H2,1H3,(H,21,25)(H,23,26)(H2,22,24,27,28). The number of amides is 3. The topological polar surface area (TPSA) is 99.3 Å². The Bertz CT molecular complexity index is 856. The molecule has 146 valence electrons. The van der Waals surface area contributed by atoms with Gasteiger partial charge in [-0.1, -0.05) is 48.5 Å². The fourth-order valence-electron chi connectivity index (χ4n) is 2.33. The fourth-order valence-corrected chi connectivity index (χ4v) is 2.47. The number of nitrogens with one attached hydrogen (secondary N) is 4. The number of rotatable bonds is 6. The first-order valence-corrected chi connectivity index (χ1v) is 9.13. The maximum atomic E-state index is 12.1. The van der Waals surface area contributed by atoms with E-state index in [1.165, 1.54) is 0 Å². The van der Waals surface area contributed by atoms with Crippen LogP contribution in [0, 0.1) is 6.92 Å². The first-order valence-electron chi connectivity index (χ1n) is 8.72. The molecule has 0 saturated heterocycles. The molecule has 0 aliphatic carbocycles. The molecule has 0 unspecified atom stereocenters. The molecule has 0 aliphatic rings. The smallest absolute Gasteiger partial charge is 0.257 e. The summed E-state index contributed by atoms with van der Waals surface area (Å²) in [4.78, 5) is 35.7. The Morgan fingerprint density at radius 1 is 0.857 bits per heavy atom. The third kappa shape index (κ3) is 7.16. The van der Waals surface area contributed by atoms with Gasteiger partial charge in [0.05, 0.1) is 0 Å². The van der Waals surface area contributed by atoms with Crippen LogP contribution in [0.4, 0.5) is 0 Å². The summed E-state index contributed by atoms with van der Waals surface area (Å²) in [6, 6.07) is 16.6. The van der Waals surface area contributed by atoms with E-state index >= 15 is 0 Å². The van der Waals surface area contributed by atoms with Gasteiger partial charge in [0, 0.05) is 24.9 Å². The third-order valence-corrected chi connectivity index (χ3v) is 4.05. The first-order chi connectivity index (χ1) is 13.5. The number of hydrazine groups is 1. The maximum Gasteiger partial charge on any atom is 0.257 e. The molecule has 0 aliphatic heterocycles. The quantitative estimate of drug-likeness (QED) is 0.439. The number of hydrogen-bond donors (Lipinski definition) is 4. The lowest BCUT2D eigenvalue weighted by atomic mass is 10.1. The van der Waals surface area contributed by atoms with Gasteiger partial charge in [-0.3, -0.25) is 30.6 Å². The van der Waals surface area contributed by atoms with E-state index in [9.17, 15) is 14.4 Å². The zero-order valence-corrected chi connectivity index (χ0v) is 16.3. The third-order valence-electron chi connectivity index (χ3n) is 3.84. The minimum Gasteiger partial charge on any atom is -0.352 e. The summed E-state index contributed by atoms with van der Waals surface area (Å²) in [6.07, 6.45) is 0.0324. The lowest BCUT2D eigenvalue weighted by Crippen LogP contribution is -2.48. The van der Waals surface area contributed by atoms with Gasteiger partial charge in [-0.15, -0.1) is 0 Å². The van der Waals surface area contributed by atoms with Crippen molar-refractivity contribution in [1.29, 1.82) is 0 Å². The van der Waals surface area contributed by atoms with Gasteiger partial charge in [0.15, 0.2) is 5.11 Å². The number of carbonyl (C=O) groups excluding carboxylic acids is 3. The predicted molar refractivity (Wildman–Crippen MR) is 110 cm³/mol. The van der Waals surface area contributed by atoms with Gasteiger partial charge in [0.1, 0.15) is 0 Å². The average Bonchev–Trinajstić information content (AvgIpc) is 2.70. The van der Waals surface area contributed by atoms with Crippen molar-refractivity contribution in [2.24, 2.45) is 0 Å². The summed E-state index contributed by atoms with van der Waals surface area (Å²) in [5, 5.41) is 5.20. The van der Waals surface area contributed by atoms with Gasteiger partial charge in [0.2, 0.25) is 11.8 Å². The Labute approximate surface area is 168 Å². The van der Waals surface area contributed by atoms with Crippen LogP contribution in [0.1, 0.15) is 34.3 Å². The molecule has 0 heterocycles. The van der Waals surface area contributed by atoms with E-state index in [2.05, 4.69) is 21.5 Å². The fraction of sp³-hybridized carbons (Fsp3) is 0.200. The minimum atomic E-state index is -0.414. The molecular weight excluding hydrogens is 376 g/mol. The Kier molecular flexibility index (Phi) is 8.11. The summed E-state index contributed by atoms with van der Waals surface area (Å²) in [5.74, 6) is -1.01. The summed E-state index contributed by atoms with van der Waals surface area (Å²) < 4.78 is 0. The van der Waals surface area contributed by atoms with E-state index in [4.69, 9.17) is 12.2 Å². The summed E-state index contributed by atoms with van der Waals surface area (Å²) >= 11 is 4.99. The Morgan fingerprint density at radius 2 is 1.50 bits per heavy atom. The second kappa shape index (κ2) is 10.8. The minimum absolute atomic E-state index is 0.0119. The van der Waals surface area contributed by atoms with Gasteiger partial charge in [-0.05, 0) is 36.3 Å².